The Bertz CT molecular complexity index is 1100. The van der Waals surface area contributed by atoms with Crippen LogP contribution < -0.4 is 10.1 Å². The lowest BCUT2D eigenvalue weighted by molar-refractivity contribution is -0.137. The molecule has 0 aliphatic rings. The summed E-state index contributed by atoms with van der Waals surface area (Å²) in [6, 6.07) is 7.41. The highest BCUT2D eigenvalue weighted by Crippen LogP contribution is 2.31. The molecule has 0 radical (unpaired) electrons. The number of oxazole rings is 1. The second-order valence-corrected chi connectivity index (χ2v) is 11.4. The molecule has 8 nitrogen and oxygen atoms in total. The summed E-state index contributed by atoms with van der Waals surface area (Å²) in [6.07, 6.45) is 6.24. The predicted molar refractivity (Wildman–Crippen MR) is 137 cm³/mol. The lowest BCUT2D eigenvalue weighted by Gasteiger charge is -2.12. The number of unbranched alkanes of at least 4 members (excludes halogenated alkanes) is 2. The van der Waals surface area contributed by atoms with Gasteiger partial charge in [-0.05, 0) is 37.0 Å². The third kappa shape index (κ3) is 9.37. The van der Waals surface area contributed by atoms with Gasteiger partial charge in [-0.15, -0.1) is 11.8 Å². The molecule has 2 N–H and O–H groups in total. The quantitative estimate of drug-likeness (QED) is 0.212. The molecule has 0 spiro atoms. The van der Waals surface area contributed by atoms with Gasteiger partial charge in [0, 0.05) is 11.8 Å². The first-order valence-corrected chi connectivity index (χ1v) is 13.3. The van der Waals surface area contributed by atoms with Crippen LogP contribution in [0, 0.1) is 0 Å². The number of carbonyl (C=O) groups is 2. The number of aliphatic carboxylic acids is 1. The van der Waals surface area contributed by atoms with Gasteiger partial charge in [-0.1, -0.05) is 44.2 Å². The van der Waals surface area contributed by atoms with E-state index in [-0.39, 0.29) is 24.2 Å². The van der Waals surface area contributed by atoms with Crippen LogP contribution in [0.5, 0.6) is 5.75 Å². The fraction of sp³-hybridized carbons (Fsp3) is 0.440. The van der Waals surface area contributed by atoms with E-state index in [1.165, 1.54) is 11.3 Å². The zero-order chi connectivity index (χ0) is 25.3. The summed E-state index contributed by atoms with van der Waals surface area (Å²) in [6.45, 7) is 6.79. The normalized spacial score (nSPS) is 11.4. The highest BCUT2D eigenvalue weighted by atomic mass is 32.2. The molecule has 0 fully saturated rings. The molecule has 0 saturated carbocycles. The molecule has 188 valence electrons. The van der Waals surface area contributed by atoms with Gasteiger partial charge in [-0.25, -0.2) is 9.97 Å². The maximum atomic E-state index is 12.4. The summed E-state index contributed by atoms with van der Waals surface area (Å²) in [4.78, 5) is 31.6. The number of ether oxygens (including phenoxy) is 1. The van der Waals surface area contributed by atoms with Gasteiger partial charge in [-0.2, -0.15) is 0 Å². The standard InChI is InChI=1S/C25H31N3O5S2/c1-25(2,3)19-14-26-21(33-19)16-34-23-15-27-24(35-23)28-20(29)13-17-8-10-18(11-9-17)32-12-6-4-5-7-22(30)31/h8-11,14-15H,4-7,12-13,16H2,1-3H3,(H,30,31)(H,27,28,29). The van der Waals surface area contributed by atoms with E-state index in [1.54, 1.807) is 24.2 Å². The topological polar surface area (TPSA) is 115 Å². The maximum absolute atomic E-state index is 12.4. The van der Waals surface area contributed by atoms with Gasteiger partial charge in [0.15, 0.2) is 5.13 Å². The number of aromatic nitrogens is 2. The molecule has 10 heteroatoms. The minimum atomic E-state index is -0.767. The van der Waals surface area contributed by atoms with Crippen molar-refractivity contribution in [2.75, 3.05) is 11.9 Å². The van der Waals surface area contributed by atoms with E-state index in [2.05, 4.69) is 36.1 Å². The molecule has 2 aromatic heterocycles. The number of carboxylic acid groups (broad SMARTS) is 1. The molecule has 0 aliphatic carbocycles. The highest BCUT2D eigenvalue weighted by molar-refractivity contribution is 8.00. The monoisotopic (exact) mass is 517 g/mol. The summed E-state index contributed by atoms with van der Waals surface area (Å²) >= 11 is 2.99. The van der Waals surface area contributed by atoms with Crippen LogP contribution in [0.15, 0.2) is 45.3 Å². The Hall–Kier alpha value is -2.85. The van der Waals surface area contributed by atoms with Crippen molar-refractivity contribution in [3.05, 3.63) is 53.9 Å². The number of thiazole rings is 1. The van der Waals surface area contributed by atoms with Gasteiger partial charge in [-0.3, -0.25) is 9.59 Å². The number of nitrogens with zero attached hydrogens (tertiary/aromatic N) is 2. The molecule has 1 amide bonds. The lowest BCUT2D eigenvalue weighted by Crippen LogP contribution is -2.14. The van der Waals surface area contributed by atoms with Gasteiger partial charge in [0.05, 0.1) is 35.4 Å². The van der Waals surface area contributed by atoms with E-state index in [1.807, 2.05) is 24.3 Å². The van der Waals surface area contributed by atoms with Crippen LogP contribution in [0.2, 0.25) is 0 Å². The Labute approximate surface area is 213 Å². The van der Waals surface area contributed by atoms with Gasteiger partial charge < -0.3 is 19.6 Å². The lowest BCUT2D eigenvalue weighted by atomic mass is 9.94. The third-order valence-electron chi connectivity index (χ3n) is 4.95. The fourth-order valence-electron chi connectivity index (χ4n) is 3.04. The van der Waals surface area contributed by atoms with E-state index >= 15 is 0 Å². The number of carboxylic acids is 1. The van der Waals surface area contributed by atoms with Crippen molar-refractivity contribution in [1.29, 1.82) is 0 Å². The minimum Gasteiger partial charge on any atom is -0.494 e. The number of hydrogen-bond donors (Lipinski definition) is 2. The molecule has 0 unspecified atom stereocenters. The number of hydrogen-bond acceptors (Lipinski definition) is 8. The van der Waals surface area contributed by atoms with Crippen molar-refractivity contribution in [2.24, 2.45) is 0 Å². The highest BCUT2D eigenvalue weighted by Gasteiger charge is 2.19. The average molecular weight is 518 g/mol. The van der Waals surface area contributed by atoms with E-state index in [4.69, 9.17) is 14.3 Å². The summed E-state index contributed by atoms with van der Waals surface area (Å²) in [5, 5.41) is 12.0. The second-order valence-electron chi connectivity index (χ2n) is 9.06. The number of amides is 1. The van der Waals surface area contributed by atoms with Crippen LogP contribution in [0.1, 0.15) is 63.7 Å². The number of nitrogens with one attached hydrogen (secondary N) is 1. The van der Waals surface area contributed by atoms with Crippen molar-refractivity contribution in [3.63, 3.8) is 0 Å². The molecule has 35 heavy (non-hydrogen) atoms. The van der Waals surface area contributed by atoms with Crippen LogP contribution in [-0.4, -0.2) is 33.6 Å². The Morgan fingerprint density at radius 2 is 1.89 bits per heavy atom. The van der Waals surface area contributed by atoms with E-state index in [0.29, 0.717) is 29.8 Å². The summed E-state index contributed by atoms with van der Waals surface area (Å²) in [5.74, 6) is 1.96. The number of thioether (sulfide) groups is 1. The minimum absolute atomic E-state index is 0.0737. The molecular formula is C25H31N3O5S2. The first kappa shape index (κ1) is 26.7. The number of carbonyl (C=O) groups excluding carboxylic acids is 1. The third-order valence-corrected chi connectivity index (χ3v) is 7.05. The molecular weight excluding hydrogens is 486 g/mol. The average Bonchev–Trinajstić information content (AvgIpc) is 3.45. The van der Waals surface area contributed by atoms with Crippen LogP contribution >= 0.6 is 23.1 Å². The molecule has 0 saturated heterocycles. The molecule has 0 bridgehead atoms. The molecule has 0 atom stereocenters. The number of rotatable bonds is 13. The van der Waals surface area contributed by atoms with Crippen LogP contribution in [-0.2, 0) is 27.2 Å². The van der Waals surface area contributed by atoms with Crippen LogP contribution in [0.4, 0.5) is 5.13 Å². The second kappa shape index (κ2) is 12.7. The van der Waals surface area contributed by atoms with Gasteiger partial charge in [0.25, 0.3) is 0 Å². The molecule has 3 rings (SSSR count). The van der Waals surface area contributed by atoms with E-state index in [0.717, 1.165) is 34.1 Å². The van der Waals surface area contributed by atoms with Crippen molar-refractivity contribution in [2.45, 2.75) is 68.3 Å². The molecule has 0 aliphatic heterocycles. The summed E-state index contributed by atoms with van der Waals surface area (Å²) < 4.78 is 12.5. The smallest absolute Gasteiger partial charge is 0.303 e. The zero-order valence-electron chi connectivity index (χ0n) is 20.2. The largest absolute Gasteiger partial charge is 0.494 e. The van der Waals surface area contributed by atoms with Crippen molar-refractivity contribution < 1.29 is 23.8 Å². The maximum Gasteiger partial charge on any atom is 0.303 e. The SMILES string of the molecule is CC(C)(C)c1cnc(CSc2cnc(NC(=O)Cc3ccc(OCCCCCC(=O)O)cc3)s2)o1. The van der Waals surface area contributed by atoms with Gasteiger partial charge >= 0.3 is 5.97 Å². The number of benzene rings is 1. The zero-order valence-corrected chi connectivity index (χ0v) is 21.8. The Balaban J connectivity index is 1.38. The van der Waals surface area contributed by atoms with Crippen molar-refractivity contribution in [1.82, 2.24) is 9.97 Å². The Kier molecular flexibility index (Phi) is 9.73. The van der Waals surface area contributed by atoms with Crippen LogP contribution in [0.25, 0.3) is 0 Å². The van der Waals surface area contributed by atoms with Gasteiger partial charge in [0.2, 0.25) is 11.8 Å². The van der Waals surface area contributed by atoms with Crippen LogP contribution in [0.3, 0.4) is 0 Å². The fourth-order valence-corrected chi connectivity index (χ4v) is 4.78. The Morgan fingerprint density at radius 3 is 2.57 bits per heavy atom. The van der Waals surface area contributed by atoms with Gasteiger partial charge in [0.1, 0.15) is 11.5 Å². The first-order chi connectivity index (χ1) is 16.7. The number of anilines is 1. The van der Waals surface area contributed by atoms with Crippen molar-refractivity contribution >= 4 is 40.1 Å². The molecule has 2 heterocycles. The predicted octanol–water partition coefficient (Wildman–Crippen LogP) is 5.93. The van der Waals surface area contributed by atoms with E-state index in [9.17, 15) is 9.59 Å². The molecule has 1 aromatic carbocycles. The Morgan fingerprint density at radius 1 is 1.11 bits per heavy atom. The first-order valence-electron chi connectivity index (χ1n) is 11.5. The summed E-state index contributed by atoms with van der Waals surface area (Å²) in [5.41, 5.74) is 0.802. The summed E-state index contributed by atoms with van der Waals surface area (Å²) in [7, 11) is 0. The van der Waals surface area contributed by atoms with Crippen molar-refractivity contribution in [3.8, 4) is 5.75 Å². The van der Waals surface area contributed by atoms with E-state index < -0.39 is 5.97 Å². The molecule has 3 aromatic rings.